The number of ether oxygens (including phenoxy) is 2. The molecule has 1 aromatic rings. The van der Waals surface area contributed by atoms with Crippen LogP contribution in [-0.2, 0) is 9.47 Å². The Morgan fingerprint density at radius 2 is 1.46 bits per heavy atom. The Hall–Kier alpha value is -0.00130. The topological polar surface area (TPSA) is 31.6 Å². The van der Waals surface area contributed by atoms with Gasteiger partial charge in [-0.15, -0.1) is 0 Å². The summed E-state index contributed by atoms with van der Waals surface area (Å²) < 4.78 is 19.2. The molecular weight excluding hydrogens is 407 g/mol. The van der Waals surface area contributed by atoms with E-state index in [1.807, 2.05) is 0 Å². The molecular formula is C20H34O3Sn. The van der Waals surface area contributed by atoms with Gasteiger partial charge in [0.05, 0.1) is 0 Å². The van der Waals surface area contributed by atoms with Gasteiger partial charge in [-0.3, -0.25) is 0 Å². The molecule has 0 spiro atoms. The average molecular weight is 441 g/mol. The van der Waals surface area contributed by atoms with Crippen LogP contribution in [0.1, 0.15) is 90.6 Å². The van der Waals surface area contributed by atoms with E-state index in [4.69, 9.17) is 13.9 Å². The Balaban J connectivity index is 2.08. The molecule has 1 aromatic heterocycles. The van der Waals surface area contributed by atoms with Crippen molar-refractivity contribution in [2.45, 2.75) is 88.3 Å². The standard InChI is InChI=1S/C13H27.C7H7O3.Sn/c1-4-7-10-13(11-8-5-2)12-9-6-3;1-2-6(8-3-1)7-9-4-5-10-7;/h4-12H2,1-3H3;1-2,7H,4-5H2;. The van der Waals surface area contributed by atoms with Gasteiger partial charge in [-0.1, -0.05) is 0 Å². The first-order valence-electron chi connectivity index (χ1n) is 9.84. The molecule has 0 aromatic carbocycles. The third-order valence-electron chi connectivity index (χ3n) is 4.90. The molecule has 0 bridgehead atoms. The molecule has 0 atom stereocenters. The summed E-state index contributed by atoms with van der Waals surface area (Å²) in [6, 6.07) is 4.29. The predicted octanol–water partition coefficient (Wildman–Crippen LogP) is 5.38. The van der Waals surface area contributed by atoms with Crippen molar-refractivity contribution in [1.82, 2.24) is 0 Å². The van der Waals surface area contributed by atoms with Crippen LogP contribution in [0.25, 0.3) is 0 Å². The fourth-order valence-corrected chi connectivity index (χ4v) is 8.47. The number of hydrogen-bond acceptors (Lipinski definition) is 3. The maximum atomic E-state index is 6.19. The van der Waals surface area contributed by atoms with Crippen LogP contribution in [-0.4, -0.2) is 34.4 Å². The summed E-state index contributed by atoms with van der Waals surface area (Å²) in [6.07, 6.45) is 11.9. The van der Waals surface area contributed by atoms with E-state index in [1.165, 1.54) is 61.6 Å². The van der Waals surface area contributed by atoms with Crippen LogP contribution < -0.4 is 3.78 Å². The molecule has 1 saturated heterocycles. The monoisotopic (exact) mass is 442 g/mol. The Kier molecular flexibility index (Phi) is 9.20. The van der Waals surface area contributed by atoms with Crippen molar-refractivity contribution in [1.29, 1.82) is 0 Å². The van der Waals surface area contributed by atoms with Gasteiger partial charge in [-0.2, -0.15) is 0 Å². The maximum absolute atomic E-state index is 6.19. The van der Waals surface area contributed by atoms with Gasteiger partial charge in [0.15, 0.2) is 0 Å². The molecule has 0 aliphatic carbocycles. The van der Waals surface area contributed by atoms with Crippen molar-refractivity contribution < 1.29 is 13.9 Å². The van der Waals surface area contributed by atoms with Crippen LogP contribution in [0.2, 0.25) is 3.43 Å². The van der Waals surface area contributed by atoms with Crippen molar-refractivity contribution in [3.8, 4) is 0 Å². The van der Waals surface area contributed by atoms with E-state index >= 15 is 0 Å². The van der Waals surface area contributed by atoms with Crippen molar-refractivity contribution in [3.63, 3.8) is 0 Å². The third kappa shape index (κ3) is 6.06. The van der Waals surface area contributed by atoms with Gasteiger partial charge in [-0.05, 0) is 0 Å². The minimum atomic E-state index is -0.786. The first-order chi connectivity index (χ1) is 11.7. The van der Waals surface area contributed by atoms with Gasteiger partial charge < -0.3 is 0 Å². The van der Waals surface area contributed by atoms with Gasteiger partial charge in [0.25, 0.3) is 0 Å². The first-order valence-corrected chi connectivity index (χ1v) is 12.7. The number of furan rings is 1. The SMILES string of the molecule is CCCC[C](CCCC)(CCCC)[Sn][c]1ccc(C2OCCO2)o1. The van der Waals surface area contributed by atoms with Crippen LogP contribution in [0.15, 0.2) is 16.5 Å². The van der Waals surface area contributed by atoms with Crippen LogP contribution in [0.4, 0.5) is 0 Å². The number of rotatable bonds is 12. The van der Waals surface area contributed by atoms with Gasteiger partial charge in [0.2, 0.25) is 0 Å². The minimum absolute atomic E-state index is 0.269. The molecule has 1 aliphatic rings. The second kappa shape index (κ2) is 10.9. The summed E-state index contributed by atoms with van der Waals surface area (Å²) in [5.41, 5.74) is 0. The Morgan fingerprint density at radius 1 is 0.917 bits per heavy atom. The zero-order valence-electron chi connectivity index (χ0n) is 15.7. The molecule has 0 amide bonds. The van der Waals surface area contributed by atoms with E-state index in [0.29, 0.717) is 16.6 Å². The molecule has 3 nitrogen and oxygen atoms in total. The second-order valence-electron chi connectivity index (χ2n) is 6.99. The van der Waals surface area contributed by atoms with Gasteiger partial charge in [0, 0.05) is 0 Å². The molecule has 1 aliphatic heterocycles. The molecule has 0 saturated carbocycles. The Bertz CT molecular complexity index is 430. The van der Waals surface area contributed by atoms with E-state index in [0.717, 1.165) is 5.76 Å². The fraction of sp³-hybridized carbons (Fsp3) is 0.800. The quantitative estimate of drug-likeness (QED) is 0.408. The van der Waals surface area contributed by atoms with E-state index in [1.54, 1.807) is 0 Å². The Labute approximate surface area is 158 Å². The molecule has 0 N–H and O–H groups in total. The molecule has 2 heterocycles. The van der Waals surface area contributed by atoms with Crippen LogP contribution in [0.3, 0.4) is 0 Å². The summed E-state index contributed by atoms with van der Waals surface area (Å²) in [5.74, 6) is 0.874. The summed E-state index contributed by atoms with van der Waals surface area (Å²) >= 11 is -0.786. The molecule has 2 radical (unpaired) electrons. The molecule has 1 fully saturated rings. The average Bonchev–Trinajstić information content (AvgIpc) is 3.27. The van der Waals surface area contributed by atoms with Crippen molar-refractivity contribution in [2.75, 3.05) is 13.2 Å². The molecule has 2 rings (SSSR count). The molecule has 0 unspecified atom stereocenters. The van der Waals surface area contributed by atoms with Crippen molar-refractivity contribution in [2.24, 2.45) is 0 Å². The molecule has 4 heteroatoms. The first kappa shape index (κ1) is 20.3. The second-order valence-corrected chi connectivity index (χ2v) is 12.1. The summed E-state index contributed by atoms with van der Waals surface area (Å²) in [4.78, 5) is 0. The zero-order valence-corrected chi connectivity index (χ0v) is 18.6. The molecule has 136 valence electrons. The third-order valence-corrected chi connectivity index (χ3v) is 10.0. The molecule has 24 heavy (non-hydrogen) atoms. The van der Waals surface area contributed by atoms with Crippen LogP contribution >= 0.6 is 0 Å². The van der Waals surface area contributed by atoms with E-state index < -0.39 is 21.1 Å². The van der Waals surface area contributed by atoms with E-state index in [9.17, 15) is 0 Å². The predicted molar refractivity (Wildman–Crippen MR) is 100 cm³/mol. The summed E-state index contributed by atoms with van der Waals surface area (Å²) in [6.45, 7) is 8.29. The van der Waals surface area contributed by atoms with Crippen molar-refractivity contribution >= 4 is 24.9 Å². The van der Waals surface area contributed by atoms with Gasteiger partial charge in [-0.25, -0.2) is 0 Å². The Morgan fingerprint density at radius 3 is 1.96 bits per heavy atom. The number of unbranched alkanes of at least 4 members (excludes halogenated alkanes) is 3. The van der Waals surface area contributed by atoms with Gasteiger partial charge >= 0.3 is 158 Å². The van der Waals surface area contributed by atoms with Crippen LogP contribution in [0.5, 0.6) is 0 Å². The fourth-order valence-electron chi connectivity index (χ4n) is 3.44. The van der Waals surface area contributed by atoms with Gasteiger partial charge in [0.1, 0.15) is 0 Å². The van der Waals surface area contributed by atoms with E-state index in [2.05, 4.69) is 32.9 Å². The van der Waals surface area contributed by atoms with E-state index in [-0.39, 0.29) is 6.29 Å². The van der Waals surface area contributed by atoms with Crippen LogP contribution in [0, 0.1) is 0 Å². The summed E-state index contributed by atoms with van der Waals surface area (Å²) in [5, 5.41) is 0. The zero-order chi connectivity index (χ0) is 17.3. The number of hydrogen-bond donors (Lipinski definition) is 0. The summed E-state index contributed by atoms with van der Waals surface area (Å²) in [7, 11) is 0. The van der Waals surface area contributed by atoms with Crippen molar-refractivity contribution in [3.05, 3.63) is 17.9 Å². The normalized spacial score (nSPS) is 16.1.